The average Bonchev–Trinajstić information content (AvgIpc) is 3.25. The van der Waals surface area contributed by atoms with Crippen LogP contribution < -0.4 is 10.9 Å². The number of aromatic nitrogens is 2. The molecule has 1 saturated carbocycles. The maximum absolute atomic E-state index is 13.1. The van der Waals surface area contributed by atoms with E-state index >= 15 is 0 Å². The van der Waals surface area contributed by atoms with Crippen molar-refractivity contribution in [2.24, 2.45) is 5.92 Å². The first-order chi connectivity index (χ1) is 15.4. The van der Waals surface area contributed by atoms with Gasteiger partial charge in [-0.3, -0.25) is 9.59 Å². The van der Waals surface area contributed by atoms with Gasteiger partial charge in [0.15, 0.2) is 9.84 Å². The topological polar surface area (TPSA) is 98.1 Å². The molecule has 0 radical (unpaired) electrons. The number of hydrogen-bond acceptors (Lipinski definition) is 5. The fourth-order valence-corrected chi connectivity index (χ4v) is 4.99. The summed E-state index contributed by atoms with van der Waals surface area (Å²) in [5, 5.41) is 1.78. The molecule has 1 N–H and O–H groups in total. The lowest BCUT2D eigenvalue weighted by Gasteiger charge is -2.22. The molecule has 11 heteroatoms. The molecule has 1 aliphatic rings. The Balaban J connectivity index is 1.90. The molecule has 1 fully saturated rings. The van der Waals surface area contributed by atoms with E-state index in [4.69, 9.17) is 0 Å². The Morgan fingerprint density at radius 1 is 1.21 bits per heavy atom. The summed E-state index contributed by atoms with van der Waals surface area (Å²) in [5.41, 5.74) is -1.59. The van der Waals surface area contributed by atoms with Gasteiger partial charge in [-0.15, -0.1) is 0 Å². The largest absolute Gasteiger partial charge is 0.417 e. The van der Waals surface area contributed by atoms with Gasteiger partial charge in [0, 0.05) is 18.5 Å². The number of carbonyl (C=O) groups excluding carboxylic acids is 1. The van der Waals surface area contributed by atoms with Gasteiger partial charge in [0.1, 0.15) is 11.9 Å². The van der Waals surface area contributed by atoms with Crippen LogP contribution >= 0.6 is 0 Å². The molecule has 0 unspecified atom stereocenters. The highest BCUT2D eigenvalue weighted by atomic mass is 32.2. The first-order valence-corrected chi connectivity index (χ1v) is 12.2. The van der Waals surface area contributed by atoms with E-state index < -0.39 is 44.3 Å². The highest BCUT2D eigenvalue weighted by molar-refractivity contribution is 7.92. The van der Waals surface area contributed by atoms with Crippen LogP contribution in [-0.4, -0.2) is 29.1 Å². The predicted octanol–water partition coefficient (Wildman–Crippen LogP) is 4.20. The molecule has 1 aliphatic carbocycles. The third-order valence-corrected chi connectivity index (χ3v) is 8.03. The van der Waals surface area contributed by atoms with Crippen molar-refractivity contribution in [1.29, 1.82) is 0 Å². The minimum absolute atomic E-state index is 0.0727. The van der Waals surface area contributed by atoms with Gasteiger partial charge in [0.2, 0.25) is 5.91 Å². The Labute approximate surface area is 190 Å². The fourth-order valence-electron chi connectivity index (χ4n) is 3.93. The summed E-state index contributed by atoms with van der Waals surface area (Å²) in [6.45, 7) is 3.02. The van der Waals surface area contributed by atoms with Crippen molar-refractivity contribution in [2.75, 3.05) is 5.32 Å². The Bertz CT molecular complexity index is 1150. The van der Waals surface area contributed by atoms with Crippen LogP contribution in [0.5, 0.6) is 0 Å². The molecule has 0 aliphatic heterocycles. The van der Waals surface area contributed by atoms with Crippen LogP contribution in [0.2, 0.25) is 0 Å². The second kappa shape index (κ2) is 9.66. The van der Waals surface area contributed by atoms with Crippen molar-refractivity contribution >= 4 is 21.6 Å². The zero-order valence-electron chi connectivity index (χ0n) is 18.3. The van der Waals surface area contributed by atoms with Crippen LogP contribution in [0.3, 0.4) is 0 Å². The van der Waals surface area contributed by atoms with Gasteiger partial charge in [-0.05, 0) is 44.4 Å². The second-order valence-electron chi connectivity index (χ2n) is 8.52. The van der Waals surface area contributed by atoms with Crippen LogP contribution in [0.15, 0.2) is 46.3 Å². The van der Waals surface area contributed by atoms with E-state index in [-0.39, 0.29) is 16.6 Å². The first-order valence-electron chi connectivity index (χ1n) is 10.7. The summed E-state index contributed by atoms with van der Waals surface area (Å²) < 4.78 is 64.3. The minimum Gasteiger partial charge on any atom is -0.309 e. The lowest BCUT2D eigenvalue weighted by atomic mass is 9.97. The standard InChI is InChI=1S/C22H26F3N3O4S/c1-14(2)33(31,32)17-9-10-28(20(29)12-17)18(11-15-5-3-4-6-15)21(30)27-19-8-7-16(13-26-19)22(23,24)25/h7-10,12-15,18H,3-6,11H2,1-2H3,(H,26,27,30)/t18-/m0/s1. The molecular formula is C22H26F3N3O4S. The van der Waals surface area contributed by atoms with Crippen LogP contribution in [0.4, 0.5) is 19.0 Å². The van der Waals surface area contributed by atoms with E-state index in [0.717, 1.165) is 43.9 Å². The van der Waals surface area contributed by atoms with Crippen LogP contribution in [0, 0.1) is 5.92 Å². The molecule has 33 heavy (non-hydrogen) atoms. The molecule has 2 aromatic heterocycles. The SMILES string of the molecule is CC(C)S(=O)(=O)c1ccn([C@@H](CC2CCCC2)C(=O)Nc2ccc(C(F)(F)F)cn2)c(=O)c1. The predicted molar refractivity (Wildman–Crippen MR) is 117 cm³/mol. The first kappa shape index (κ1) is 24.9. The lowest BCUT2D eigenvalue weighted by molar-refractivity contribution is -0.137. The molecule has 1 amide bonds. The zero-order chi connectivity index (χ0) is 24.4. The molecule has 0 saturated heterocycles. The molecule has 2 heterocycles. The molecule has 180 valence electrons. The number of alkyl halides is 3. The third kappa shape index (κ3) is 5.82. The summed E-state index contributed by atoms with van der Waals surface area (Å²) in [5.74, 6) is -0.473. The number of sulfone groups is 1. The number of halogens is 3. The van der Waals surface area contributed by atoms with Gasteiger partial charge in [0.05, 0.1) is 15.7 Å². The monoisotopic (exact) mass is 485 g/mol. The number of hydrogen-bond donors (Lipinski definition) is 1. The Morgan fingerprint density at radius 3 is 2.39 bits per heavy atom. The lowest BCUT2D eigenvalue weighted by Crippen LogP contribution is -2.34. The summed E-state index contributed by atoms with van der Waals surface area (Å²) in [6, 6.07) is 3.20. The number of nitrogens with one attached hydrogen (secondary N) is 1. The zero-order valence-corrected chi connectivity index (χ0v) is 19.1. The molecule has 0 bridgehead atoms. The molecule has 3 rings (SSSR count). The molecular weight excluding hydrogens is 459 g/mol. The van der Waals surface area contributed by atoms with Crippen LogP contribution in [0.1, 0.15) is 57.6 Å². The Hall–Kier alpha value is -2.69. The molecule has 2 aromatic rings. The fraction of sp³-hybridized carbons (Fsp3) is 0.500. The maximum Gasteiger partial charge on any atom is 0.417 e. The molecule has 0 spiro atoms. The summed E-state index contributed by atoms with van der Waals surface area (Å²) in [6.07, 6.45) is 1.54. The van der Waals surface area contributed by atoms with Gasteiger partial charge >= 0.3 is 6.18 Å². The quantitative estimate of drug-likeness (QED) is 0.634. The van der Waals surface area contributed by atoms with Gasteiger partial charge < -0.3 is 9.88 Å². The van der Waals surface area contributed by atoms with Crippen molar-refractivity contribution < 1.29 is 26.4 Å². The normalized spacial score (nSPS) is 16.2. The summed E-state index contributed by atoms with van der Waals surface area (Å²) >= 11 is 0. The van der Waals surface area contributed by atoms with Crippen molar-refractivity contribution in [3.8, 4) is 0 Å². The van der Waals surface area contributed by atoms with Crippen molar-refractivity contribution in [3.05, 3.63) is 52.6 Å². The second-order valence-corrected chi connectivity index (χ2v) is 11.0. The van der Waals surface area contributed by atoms with Crippen molar-refractivity contribution in [2.45, 2.75) is 68.3 Å². The molecule has 1 atom stereocenters. The van der Waals surface area contributed by atoms with E-state index in [1.165, 1.54) is 30.7 Å². The number of rotatable bonds is 7. The van der Waals surface area contributed by atoms with Gasteiger partial charge in [0.25, 0.3) is 5.56 Å². The Morgan fingerprint density at radius 2 is 1.88 bits per heavy atom. The maximum atomic E-state index is 13.1. The number of amides is 1. The van der Waals surface area contributed by atoms with Gasteiger partial charge in [-0.1, -0.05) is 25.7 Å². The van der Waals surface area contributed by atoms with E-state index in [0.29, 0.717) is 12.6 Å². The Kier molecular flexibility index (Phi) is 7.30. The molecule has 0 aromatic carbocycles. The smallest absolute Gasteiger partial charge is 0.309 e. The van der Waals surface area contributed by atoms with E-state index in [1.807, 2.05) is 0 Å². The van der Waals surface area contributed by atoms with E-state index in [2.05, 4.69) is 10.3 Å². The number of nitrogens with zero attached hydrogens (tertiary/aromatic N) is 2. The number of carbonyl (C=O) groups is 1. The van der Waals surface area contributed by atoms with Crippen molar-refractivity contribution in [3.63, 3.8) is 0 Å². The van der Waals surface area contributed by atoms with Crippen LogP contribution in [-0.2, 0) is 20.8 Å². The highest BCUT2D eigenvalue weighted by Crippen LogP contribution is 2.33. The number of pyridine rings is 2. The average molecular weight is 486 g/mol. The third-order valence-electron chi connectivity index (χ3n) is 5.88. The highest BCUT2D eigenvalue weighted by Gasteiger charge is 2.32. The molecule has 7 nitrogen and oxygen atoms in total. The minimum atomic E-state index is -4.55. The van der Waals surface area contributed by atoms with E-state index in [1.54, 1.807) is 0 Å². The van der Waals surface area contributed by atoms with Gasteiger partial charge in [-0.2, -0.15) is 13.2 Å². The van der Waals surface area contributed by atoms with Crippen molar-refractivity contribution in [1.82, 2.24) is 9.55 Å². The number of anilines is 1. The summed E-state index contributed by atoms with van der Waals surface area (Å²) in [4.78, 5) is 29.4. The van der Waals surface area contributed by atoms with E-state index in [9.17, 15) is 31.2 Å². The van der Waals surface area contributed by atoms with Gasteiger partial charge in [-0.25, -0.2) is 13.4 Å². The summed E-state index contributed by atoms with van der Waals surface area (Å²) in [7, 11) is -3.66. The van der Waals surface area contributed by atoms with Crippen LogP contribution in [0.25, 0.3) is 0 Å².